The van der Waals surface area contributed by atoms with Gasteiger partial charge in [0.1, 0.15) is 11.9 Å². The van der Waals surface area contributed by atoms with Gasteiger partial charge in [-0.25, -0.2) is 12.8 Å². The van der Waals surface area contributed by atoms with E-state index in [0.717, 1.165) is 24.6 Å². The van der Waals surface area contributed by atoms with Crippen molar-refractivity contribution >= 4 is 10.0 Å². The van der Waals surface area contributed by atoms with E-state index >= 15 is 0 Å². The maximum atomic E-state index is 13.3. The third-order valence-corrected chi connectivity index (χ3v) is 5.30. The lowest BCUT2D eigenvalue weighted by Gasteiger charge is -2.30. The molecule has 0 spiro atoms. The van der Waals surface area contributed by atoms with Crippen LogP contribution in [0.2, 0.25) is 0 Å². The van der Waals surface area contributed by atoms with Gasteiger partial charge in [0.05, 0.1) is 10.5 Å². The highest BCUT2D eigenvalue weighted by Crippen LogP contribution is 2.24. The van der Waals surface area contributed by atoms with Gasteiger partial charge in [-0.1, -0.05) is 0 Å². The smallest absolute Gasteiger partial charge is 0.243 e. The summed E-state index contributed by atoms with van der Waals surface area (Å²) in [4.78, 5) is -0.0889. The zero-order chi connectivity index (χ0) is 14.8. The second-order valence-electron chi connectivity index (χ2n) is 4.81. The highest BCUT2D eigenvalue weighted by Gasteiger charge is 2.30. The van der Waals surface area contributed by atoms with E-state index < -0.39 is 15.8 Å². The number of hydrogen-bond acceptors (Lipinski definition) is 4. The van der Waals surface area contributed by atoms with Crippen molar-refractivity contribution in [3.8, 4) is 6.07 Å². The first-order valence-corrected chi connectivity index (χ1v) is 7.73. The van der Waals surface area contributed by atoms with Crippen molar-refractivity contribution in [3.05, 3.63) is 29.6 Å². The lowest BCUT2D eigenvalue weighted by atomic mass is 10.0. The highest BCUT2D eigenvalue weighted by atomic mass is 32.2. The molecule has 1 atom stereocenters. The highest BCUT2D eigenvalue weighted by molar-refractivity contribution is 7.89. The normalized spacial score (nSPS) is 20.6. The van der Waals surface area contributed by atoms with Crippen LogP contribution >= 0.6 is 0 Å². The maximum Gasteiger partial charge on any atom is 0.243 e. The summed E-state index contributed by atoms with van der Waals surface area (Å²) < 4.78 is 39.4. The maximum absolute atomic E-state index is 13.3. The van der Waals surface area contributed by atoms with Crippen LogP contribution in [0.1, 0.15) is 18.4 Å². The summed E-state index contributed by atoms with van der Waals surface area (Å²) in [7, 11) is -3.75. The SMILES string of the molecule is N#Cc1cc(S(=O)(=O)N2CCCC(CO)C2)ccc1F. The molecule has 1 fully saturated rings. The van der Waals surface area contributed by atoms with Crippen LogP contribution < -0.4 is 0 Å². The molecule has 1 aliphatic rings. The standard InChI is InChI=1S/C13H15FN2O3S/c14-13-4-3-12(6-11(13)7-15)20(18,19)16-5-1-2-10(8-16)9-17/h3-4,6,10,17H,1-2,5,8-9H2. The first kappa shape index (κ1) is 14.9. The van der Waals surface area contributed by atoms with E-state index in [1.807, 2.05) is 0 Å². The molecule has 20 heavy (non-hydrogen) atoms. The van der Waals surface area contributed by atoms with Gasteiger partial charge in [-0.2, -0.15) is 9.57 Å². The molecule has 0 radical (unpaired) electrons. The van der Waals surface area contributed by atoms with Gasteiger partial charge in [0, 0.05) is 19.7 Å². The largest absolute Gasteiger partial charge is 0.396 e. The Hall–Kier alpha value is -1.49. The second kappa shape index (κ2) is 5.87. The second-order valence-corrected chi connectivity index (χ2v) is 6.75. The molecular weight excluding hydrogens is 283 g/mol. The molecule has 5 nitrogen and oxygen atoms in total. The minimum Gasteiger partial charge on any atom is -0.396 e. The van der Waals surface area contributed by atoms with E-state index in [0.29, 0.717) is 13.0 Å². The van der Waals surface area contributed by atoms with Gasteiger partial charge in [-0.3, -0.25) is 0 Å². The number of nitrogens with zero attached hydrogens (tertiary/aromatic N) is 2. The van der Waals surface area contributed by atoms with Crippen molar-refractivity contribution in [2.75, 3.05) is 19.7 Å². The Kier molecular flexibility index (Phi) is 4.38. The number of sulfonamides is 1. The fourth-order valence-corrected chi connectivity index (χ4v) is 3.88. The molecule has 0 saturated carbocycles. The van der Waals surface area contributed by atoms with Crippen LogP contribution in [0.4, 0.5) is 4.39 Å². The van der Waals surface area contributed by atoms with E-state index in [1.165, 1.54) is 4.31 Å². The molecule has 1 aromatic rings. The van der Waals surface area contributed by atoms with Gasteiger partial charge < -0.3 is 5.11 Å². The number of aliphatic hydroxyl groups excluding tert-OH is 1. The fraction of sp³-hybridized carbons (Fsp3) is 0.462. The van der Waals surface area contributed by atoms with Crippen molar-refractivity contribution in [2.24, 2.45) is 5.92 Å². The van der Waals surface area contributed by atoms with Crippen LogP contribution in [0.3, 0.4) is 0 Å². The zero-order valence-corrected chi connectivity index (χ0v) is 11.6. The average Bonchev–Trinajstić information content (AvgIpc) is 2.47. The predicted octanol–water partition coefficient (Wildman–Crippen LogP) is 1.09. The van der Waals surface area contributed by atoms with Crippen molar-refractivity contribution in [2.45, 2.75) is 17.7 Å². The molecule has 1 heterocycles. The van der Waals surface area contributed by atoms with Gasteiger partial charge in [0.2, 0.25) is 10.0 Å². The van der Waals surface area contributed by atoms with Gasteiger partial charge in [0.25, 0.3) is 0 Å². The van der Waals surface area contributed by atoms with Crippen molar-refractivity contribution in [1.82, 2.24) is 4.31 Å². The van der Waals surface area contributed by atoms with Crippen LogP contribution in [0.5, 0.6) is 0 Å². The summed E-state index contributed by atoms with van der Waals surface area (Å²) in [5.74, 6) is -0.812. The van der Waals surface area contributed by atoms with Crippen LogP contribution in [0.15, 0.2) is 23.1 Å². The molecule has 0 aromatic heterocycles. The molecule has 108 valence electrons. The monoisotopic (exact) mass is 298 g/mol. The number of benzene rings is 1. The van der Waals surface area contributed by atoms with Crippen molar-refractivity contribution in [3.63, 3.8) is 0 Å². The van der Waals surface area contributed by atoms with E-state index in [9.17, 15) is 12.8 Å². The van der Waals surface area contributed by atoms with Crippen LogP contribution in [0.25, 0.3) is 0 Å². The summed E-state index contributed by atoms with van der Waals surface area (Å²) >= 11 is 0. The zero-order valence-electron chi connectivity index (χ0n) is 10.8. The summed E-state index contributed by atoms with van der Waals surface area (Å²) in [6, 6.07) is 4.83. The van der Waals surface area contributed by atoms with E-state index in [4.69, 9.17) is 10.4 Å². The first-order valence-electron chi connectivity index (χ1n) is 6.29. The lowest BCUT2D eigenvalue weighted by Crippen LogP contribution is -2.40. The Morgan fingerprint density at radius 3 is 2.90 bits per heavy atom. The molecule has 0 bridgehead atoms. The summed E-state index contributed by atoms with van der Waals surface area (Å²) in [5.41, 5.74) is -0.290. The predicted molar refractivity (Wildman–Crippen MR) is 69.7 cm³/mol. The molecule has 1 unspecified atom stereocenters. The number of nitriles is 1. The Morgan fingerprint density at radius 1 is 1.50 bits per heavy atom. The Morgan fingerprint density at radius 2 is 2.25 bits per heavy atom. The fourth-order valence-electron chi connectivity index (χ4n) is 2.29. The Bertz CT molecular complexity index is 640. The molecule has 0 aliphatic carbocycles. The number of rotatable bonds is 3. The van der Waals surface area contributed by atoms with Crippen LogP contribution in [0, 0.1) is 23.1 Å². The van der Waals surface area contributed by atoms with Gasteiger partial charge in [-0.05, 0) is 37.0 Å². The van der Waals surface area contributed by atoms with Crippen LogP contribution in [-0.4, -0.2) is 37.5 Å². The van der Waals surface area contributed by atoms with E-state index in [1.54, 1.807) is 6.07 Å². The summed E-state index contributed by atoms with van der Waals surface area (Å²) in [5, 5.41) is 17.9. The van der Waals surface area contributed by atoms with Gasteiger partial charge in [0.15, 0.2) is 0 Å². The van der Waals surface area contributed by atoms with E-state index in [2.05, 4.69) is 0 Å². The van der Waals surface area contributed by atoms with Crippen molar-refractivity contribution < 1.29 is 17.9 Å². The molecule has 7 heteroatoms. The summed E-state index contributed by atoms with van der Waals surface area (Å²) in [6.07, 6.45) is 1.46. The number of aliphatic hydroxyl groups is 1. The first-order chi connectivity index (χ1) is 9.48. The van der Waals surface area contributed by atoms with Crippen LogP contribution in [-0.2, 0) is 10.0 Å². The summed E-state index contributed by atoms with van der Waals surface area (Å²) in [6.45, 7) is 0.565. The third-order valence-electron chi connectivity index (χ3n) is 3.44. The number of hydrogen-bond donors (Lipinski definition) is 1. The van der Waals surface area contributed by atoms with Gasteiger partial charge in [-0.15, -0.1) is 0 Å². The molecule has 1 aromatic carbocycles. The molecule has 0 amide bonds. The molecule has 1 N–H and O–H groups in total. The molecular formula is C13H15FN2O3S. The minimum absolute atomic E-state index is 0.0567. The number of halogens is 1. The van der Waals surface area contributed by atoms with Crippen molar-refractivity contribution in [1.29, 1.82) is 5.26 Å². The average molecular weight is 298 g/mol. The topological polar surface area (TPSA) is 81.4 Å². The molecule has 2 rings (SSSR count). The quantitative estimate of drug-likeness (QED) is 0.905. The van der Waals surface area contributed by atoms with Gasteiger partial charge >= 0.3 is 0 Å². The molecule has 1 aliphatic heterocycles. The van der Waals surface area contributed by atoms with E-state index in [-0.39, 0.29) is 29.5 Å². The lowest BCUT2D eigenvalue weighted by molar-refractivity contribution is 0.165. The molecule has 1 saturated heterocycles. The number of piperidine rings is 1. The minimum atomic E-state index is -3.75. The third kappa shape index (κ3) is 2.82. The Labute approximate surface area is 117 Å². The Balaban J connectivity index is 2.33.